The third kappa shape index (κ3) is 3.46. The van der Waals surface area contributed by atoms with Crippen molar-refractivity contribution in [2.24, 2.45) is 0 Å². The van der Waals surface area contributed by atoms with Crippen LogP contribution in [0.25, 0.3) is 32.9 Å². The number of anilines is 1. The van der Waals surface area contributed by atoms with Gasteiger partial charge in [-0.2, -0.15) is 0 Å². The normalized spacial score (nSPS) is 11.0. The Bertz CT molecular complexity index is 1340. The number of carbonyl (C=O) groups excluding carboxylic acids is 1. The Hall–Kier alpha value is -3.84. The lowest BCUT2D eigenvalue weighted by Crippen LogP contribution is -2.11. The average molecular weight is 415 g/mol. The summed E-state index contributed by atoms with van der Waals surface area (Å²) in [7, 11) is 0. The first-order valence-electron chi connectivity index (χ1n) is 9.15. The Labute approximate surface area is 174 Å². The molecule has 2 aromatic heterocycles. The zero-order valence-electron chi connectivity index (χ0n) is 15.5. The van der Waals surface area contributed by atoms with E-state index in [1.54, 1.807) is 18.2 Å². The molecule has 1 amide bonds. The molecule has 2 heterocycles. The third-order valence-corrected chi connectivity index (χ3v) is 5.49. The monoisotopic (exact) mass is 415 g/mol. The van der Waals surface area contributed by atoms with E-state index in [0.29, 0.717) is 33.6 Å². The molecule has 5 nitrogen and oxygen atoms in total. The smallest absolute Gasteiger partial charge is 0.255 e. The number of benzene rings is 3. The van der Waals surface area contributed by atoms with E-state index in [1.165, 1.54) is 35.6 Å². The van der Waals surface area contributed by atoms with E-state index in [1.807, 2.05) is 35.7 Å². The average Bonchev–Trinajstić information content (AvgIpc) is 3.42. The number of carbonyl (C=O) groups is 1. The molecule has 0 spiro atoms. The van der Waals surface area contributed by atoms with E-state index in [9.17, 15) is 9.18 Å². The largest absolute Gasteiger partial charge is 0.356 e. The second kappa shape index (κ2) is 7.53. The number of aromatic nitrogens is 2. The zero-order chi connectivity index (χ0) is 20.5. The number of amides is 1. The van der Waals surface area contributed by atoms with E-state index in [2.05, 4.69) is 15.5 Å². The van der Waals surface area contributed by atoms with Gasteiger partial charge in [-0.25, -0.2) is 9.37 Å². The van der Waals surface area contributed by atoms with E-state index in [-0.39, 0.29) is 11.7 Å². The second-order valence-corrected chi connectivity index (χ2v) is 7.47. The summed E-state index contributed by atoms with van der Waals surface area (Å²) in [6.07, 6.45) is 0. The topological polar surface area (TPSA) is 68.0 Å². The fraction of sp³-hybridized carbons (Fsp3) is 0. The van der Waals surface area contributed by atoms with Crippen LogP contribution < -0.4 is 5.32 Å². The molecule has 5 rings (SSSR count). The molecule has 0 aliphatic heterocycles. The van der Waals surface area contributed by atoms with Crippen molar-refractivity contribution in [2.45, 2.75) is 0 Å². The SMILES string of the molecule is O=C(Nc1ccc(F)cc1)c1ccc2onc(-c3csc(-c4ccccc4)n3)c2c1. The van der Waals surface area contributed by atoms with Crippen LogP contribution in [-0.2, 0) is 0 Å². The van der Waals surface area contributed by atoms with Crippen molar-refractivity contribution in [3.05, 3.63) is 89.6 Å². The van der Waals surface area contributed by atoms with Crippen molar-refractivity contribution >= 4 is 33.9 Å². The lowest BCUT2D eigenvalue weighted by atomic mass is 10.1. The molecule has 0 atom stereocenters. The molecule has 1 N–H and O–H groups in total. The standard InChI is InChI=1S/C23H14FN3O2S/c24-16-7-9-17(10-8-16)25-22(28)15-6-11-20-18(12-15)21(27-29-20)19-13-30-23(26-19)14-4-2-1-3-5-14/h1-13H,(H,25,28). The predicted octanol–water partition coefficient (Wildman–Crippen LogP) is 6.01. The minimum Gasteiger partial charge on any atom is -0.356 e. The first-order valence-corrected chi connectivity index (χ1v) is 10.0. The first kappa shape index (κ1) is 18.2. The molecule has 7 heteroatoms. The minimum absolute atomic E-state index is 0.307. The van der Waals surface area contributed by atoms with Crippen LogP contribution in [0.3, 0.4) is 0 Å². The molecule has 0 saturated carbocycles. The van der Waals surface area contributed by atoms with E-state index < -0.39 is 0 Å². The Balaban J connectivity index is 1.47. The van der Waals surface area contributed by atoms with Gasteiger partial charge in [0, 0.05) is 22.2 Å². The van der Waals surface area contributed by atoms with Crippen molar-refractivity contribution in [2.75, 3.05) is 5.32 Å². The van der Waals surface area contributed by atoms with Gasteiger partial charge in [0.2, 0.25) is 0 Å². The molecule has 0 bridgehead atoms. The van der Waals surface area contributed by atoms with Crippen molar-refractivity contribution < 1.29 is 13.7 Å². The molecule has 0 aliphatic rings. The summed E-state index contributed by atoms with van der Waals surface area (Å²) >= 11 is 1.52. The fourth-order valence-corrected chi connectivity index (χ4v) is 3.91. The maximum absolute atomic E-state index is 13.1. The Kier molecular flexibility index (Phi) is 4.57. The van der Waals surface area contributed by atoms with Gasteiger partial charge in [-0.15, -0.1) is 11.3 Å². The van der Waals surface area contributed by atoms with Gasteiger partial charge in [0.1, 0.15) is 22.2 Å². The Morgan fingerprint density at radius 1 is 1.00 bits per heavy atom. The van der Waals surface area contributed by atoms with Gasteiger partial charge < -0.3 is 9.84 Å². The Morgan fingerprint density at radius 3 is 2.60 bits per heavy atom. The van der Waals surface area contributed by atoms with E-state index in [4.69, 9.17) is 4.52 Å². The molecule has 0 fully saturated rings. The molecular weight excluding hydrogens is 401 g/mol. The van der Waals surface area contributed by atoms with E-state index >= 15 is 0 Å². The fourth-order valence-electron chi connectivity index (χ4n) is 3.10. The maximum Gasteiger partial charge on any atom is 0.255 e. The van der Waals surface area contributed by atoms with Gasteiger partial charge in [-0.1, -0.05) is 35.5 Å². The van der Waals surface area contributed by atoms with Crippen LogP contribution in [0.2, 0.25) is 0 Å². The summed E-state index contributed by atoms with van der Waals surface area (Å²) in [5, 5.41) is 10.4. The van der Waals surface area contributed by atoms with Crippen LogP contribution in [0.5, 0.6) is 0 Å². The number of hydrogen-bond donors (Lipinski definition) is 1. The summed E-state index contributed by atoms with van der Waals surface area (Å²) < 4.78 is 18.5. The number of rotatable bonds is 4. The van der Waals surface area contributed by atoms with Gasteiger partial charge >= 0.3 is 0 Å². The van der Waals surface area contributed by atoms with Crippen LogP contribution in [-0.4, -0.2) is 16.0 Å². The number of hydrogen-bond acceptors (Lipinski definition) is 5. The number of fused-ring (bicyclic) bond motifs is 1. The highest BCUT2D eigenvalue weighted by Gasteiger charge is 2.17. The molecule has 0 unspecified atom stereocenters. The molecule has 0 aliphatic carbocycles. The summed E-state index contributed by atoms with van der Waals surface area (Å²) in [6, 6.07) is 20.6. The van der Waals surface area contributed by atoms with Crippen molar-refractivity contribution in [1.29, 1.82) is 0 Å². The highest BCUT2D eigenvalue weighted by atomic mass is 32.1. The lowest BCUT2D eigenvalue weighted by Gasteiger charge is -2.05. The predicted molar refractivity (Wildman–Crippen MR) is 115 cm³/mol. The molecular formula is C23H14FN3O2S. The minimum atomic E-state index is -0.360. The number of thiazole rings is 1. The summed E-state index contributed by atoms with van der Waals surface area (Å²) in [5.41, 5.74) is 3.82. The van der Waals surface area contributed by atoms with Gasteiger partial charge in [-0.3, -0.25) is 4.79 Å². The quantitative estimate of drug-likeness (QED) is 0.390. The van der Waals surface area contributed by atoms with E-state index in [0.717, 1.165) is 10.6 Å². The zero-order valence-corrected chi connectivity index (χ0v) is 16.3. The Morgan fingerprint density at radius 2 is 1.80 bits per heavy atom. The van der Waals surface area contributed by atoms with Crippen molar-refractivity contribution in [3.8, 4) is 22.0 Å². The van der Waals surface area contributed by atoms with Crippen LogP contribution in [0.15, 0.2) is 82.7 Å². The van der Waals surface area contributed by atoms with Gasteiger partial charge in [-0.05, 0) is 42.5 Å². The molecule has 146 valence electrons. The second-order valence-electron chi connectivity index (χ2n) is 6.61. The lowest BCUT2D eigenvalue weighted by molar-refractivity contribution is 0.102. The molecule has 0 saturated heterocycles. The summed E-state index contributed by atoms with van der Waals surface area (Å²) in [6.45, 7) is 0. The van der Waals surface area contributed by atoms with Gasteiger partial charge in [0.15, 0.2) is 5.58 Å². The van der Waals surface area contributed by atoms with Crippen LogP contribution >= 0.6 is 11.3 Å². The number of nitrogens with one attached hydrogen (secondary N) is 1. The summed E-state index contributed by atoms with van der Waals surface area (Å²) in [4.78, 5) is 17.3. The molecule has 3 aromatic carbocycles. The number of nitrogens with zero attached hydrogens (tertiary/aromatic N) is 2. The van der Waals surface area contributed by atoms with Gasteiger partial charge in [0.25, 0.3) is 5.91 Å². The van der Waals surface area contributed by atoms with Gasteiger partial charge in [0.05, 0.1) is 5.39 Å². The first-order chi connectivity index (χ1) is 14.7. The highest BCUT2D eigenvalue weighted by molar-refractivity contribution is 7.13. The molecule has 0 radical (unpaired) electrons. The molecule has 5 aromatic rings. The highest BCUT2D eigenvalue weighted by Crippen LogP contribution is 2.32. The maximum atomic E-state index is 13.1. The third-order valence-electron chi connectivity index (χ3n) is 4.60. The number of halogens is 1. The van der Waals surface area contributed by atoms with Crippen LogP contribution in [0.1, 0.15) is 10.4 Å². The summed E-state index contributed by atoms with van der Waals surface area (Å²) in [5.74, 6) is -0.666. The molecule has 30 heavy (non-hydrogen) atoms. The van der Waals surface area contributed by atoms with Crippen molar-refractivity contribution in [3.63, 3.8) is 0 Å². The van der Waals surface area contributed by atoms with Crippen molar-refractivity contribution in [1.82, 2.24) is 10.1 Å². The van der Waals surface area contributed by atoms with Crippen LogP contribution in [0.4, 0.5) is 10.1 Å². The van der Waals surface area contributed by atoms with Crippen LogP contribution in [0, 0.1) is 5.82 Å².